The van der Waals surface area contributed by atoms with Crippen LogP contribution in [0, 0.1) is 13.8 Å². The number of allylic oxidation sites excluding steroid dienone is 1. The van der Waals surface area contributed by atoms with Crippen LogP contribution in [0.2, 0.25) is 0 Å². The molecule has 278 valence electrons. The van der Waals surface area contributed by atoms with Crippen molar-refractivity contribution in [1.29, 1.82) is 0 Å². The molecule has 0 fully saturated rings. The van der Waals surface area contributed by atoms with Crippen LogP contribution in [0.15, 0.2) is 71.0 Å². The number of rotatable bonds is 13. The van der Waals surface area contributed by atoms with E-state index in [-0.39, 0.29) is 18.1 Å². The first kappa shape index (κ1) is 37.2. The number of methoxy groups -OCH3 is 1. The molecule has 2 aromatic heterocycles. The predicted octanol–water partition coefficient (Wildman–Crippen LogP) is 5.81. The zero-order chi connectivity index (χ0) is 37.6. The average Bonchev–Trinajstić information content (AvgIpc) is 3.66. The molecular weight excluding hydrogens is 697 g/mol. The second-order valence-electron chi connectivity index (χ2n) is 12.8. The number of carbonyl (C=O) groups excluding carboxylic acids is 3. The maximum Gasteiger partial charge on any atom is 0.337 e. The number of hydrazone groups is 1. The molecule has 5 N–H and O–H groups in total. The van der Waals surface area contributed by atoms with Crippen LogP contribution < -0.4 is 30.8 Å². The minimum absolute atomic E-state index is 0.115. The van der Waals surface area contributed by atoms with E-state index in [2.05, 4.69) is 31.0 Å². The number of aliphatic hydroxyl groups is 1. The number of ether oxygens (including phenoxy) is 3. The van der Waals surface area contributed by atoms with E-state index in [0.29, 0.717) is 29.4 Å². The standard InChI is InChI=1S/C39H44N6O7S/c1-6-51-30-19-25(35-33(38(48)50-5)23(3)41-39(49)43-35)16-17-29(30)52-21-32(46)44-40-20-26-18-22(2)45(24(26)4)37-34(28-14-10-11-15-31(28)53-37)36(47)42-27-12-8-7-9-13-27/h7-9,12-13,16-20,32,35,44,46H,6,10-11,14-15,21H2,1-5H3,(H,42,47)(H2,41,43,49)/b40-20-/t32-,35-/m1/s1. The number of aliphatic hydroxyl groups excluding tert-OH is 1. The highest BCUT2D eigenvalue weighted by Crippen LogP contribution is 2.39. The van der Waals surface area contributed by atoms with Gasteiger partial charge in [-0.05, 0) is 94.8 Å². The quantitative estimate of drug-likeness (QED) is 0.0497. The number of hydrogen-bond acceptors (Lipinski definition) is 10. The molecule has 3 heterocycles. The van der Waals surface area contributed by atoms with Crippen molar-refractivity contribution in [3.8, 4) is 16.5 Å². The number of carbonyl (C=O) groups is 3. The average molecular weight is 741 g/mol. The van der Waals surface area contributed by atoms with Crippen molar-refractivity contribution in [3.63, 3.8) is 0 Å². The minimum atomic E-state index is -1.17. The van der Waals surface area contributed by atoms with Crippen molar-refractivity contribution >= 4 is 41.1 Å². The van der Waals surface area contributed by atoms with Crippen LogP contribution >= 0.6 is 11.3 Å². The predicted molar refractivity (Wildman–Crippen MR) is 203 cm³/mol. The Morgan fingerprint density at radius 3 is 2.60 bits per heavy atom. The Labute approximate surface area is 312 Å². The molecule has 4 aromatic rings. The molecule has 0 saturated carbocycles. The SMILES string of the molecule is CCOc1cc([C@H]2NC(=O)NC(C)=C2C(=O)OC)ccc1OC[C@@H](O)N/N=C\c1cc(C)n(-c2sc3c(c2C(=O)Nc2ccccc2)CCCC3)c1C. The summed E-state index contributed by atoms with van der Waals surface area (Å²) in [6.07, 6.45) is 4.48. The molecule has 2 atom stereocenters. The topological polar surface area (TPSA) is 165 Å². The number of esters is 1. The summed E-state index contributed by atoms with van der Waals surface area (Å²) in [7, 11) is 1.28. The highest BCUT2D eigenvalue weighted by Gasteiger charge is 2.33. The fraction of sp³-hybridized carbons (Fsp3) is 0.333. The molecule has 2 aromatic carbocycles. The van der Waals surface area contributed by atoms with E-state index >= 15 is 0 Å². The van der Waals surface area contributed by atoms with Gasteiger partial charge in [0.2, 0.25) is 0 Å². The molecule has 0 radical (unpaired) electrons. The maximum atomic E-state index is 13.8. The number of amides is 3. The first-order valence-electron chi connectivity index (χ1n) is 17.5. The van der Waals surface area contributed by atoms with E-state index in [0.717, 1.165) is 64.4 Å². The Kier molecular flexibility index (Phi) is 11.5. The maximum absolute atomic E-state index is 13.8. The highest BCUT2D eigenvalue weighted by molar-refractivity contribution is 7.15. The summed E-state index contributed by atoms with van der Waals surface area (Å²) in [5.74, 6) is 0.0394. The number of nitrogens with one attached hydrogen (secondary N) is 4. The fourth-order valence-corrected chi connectivity index (χ4v) is 8.20. The minimum Gasteiger partial charge on any atom is -0.490 e. The number of anilines is 1. The van der Waals surface area contributed by atoms with Gasteiger partial charge in [-0.3, -0.25) is 10.2 Å². The smallest absolute Gasteiger partial charge is 0.337 e. The third kappa shape index (κ3) is 8.08. The van der Waals surface area contributed by atoms with Gasteiger partial charge >= 0.3 is 12.0 Å². The fourth-order valence-electron chi connectivity index (χ4n) is 6.70. The summed E-state index contributed by atoms with van der Waals surface area (Å²) >= 11 is 1.68. The lowest BCUT2D eigenvalue weighted by atomic mass is 9.95. The second kappa shape index (κ2) is 16.4. The zero-order valence-corrected chi connectivity index (χ0v) is 31.2. The Bertz CT molecular complexity index is 2070. The van der Waals surface area contributed by atoms with Gasteiger partial charge < -0.3 is 39.8 Å². The summed E-state index contributed by atoms with van der Waals surface area (Å²) in [6.45, 7) is 7.62. The van der Waals surface area contributed by atoms with Crippen LogP contribution in [-0.4, -0.2) is 60.3 Å². The van der Waals surface area contributed by atoms with Crippen LogP contribution in [-0.2, 0) is 22.4 Å². The van der Waals surface area contributed by atoms with Crippen molar-refractivity contribution in [1.82, 2.24) is 20.6 Å². The summed E-state index contributed by atoms with van der Waals surface area (Å²) in [6, 6.07) is 15.3. The Hall–Kier alpha value is -5.60. The molecule has 0 bridgehead atoms. The molecule has 2 aliphatic rings. The van der Waals surface area contributed by atoms with Gasteiger partial charge in [-0.15, -0.1) is 11.3 Å². The van der Waals surface area contributed by atoms with Gasteiger partial charge in [-0.25, -0.2) is 9.59 Å². The highest BCUT2D eigenvalue weighted by atomic mass is 32.1. The van der Waals surface area contributed by atoms with Crippen molar-refractivity contribution < 1.29 is 33.7 Å². The lowest BCUT2D eigenvalue weighted by Gasteiger charge is -2.28. The monoisotopic (exact) mass is 740 g/mol. The van der Waals surface area contributed by atoms with E-state index in [9.17, 15) is 19.5 Å². The van der Waals surface area contributed by atoms with Gasteiger partial charge in [0.15, 0.2) is 17.7 Å². The number of urea groups is 1. The van der Waals surface area contributed by atoms with E-state index < -0.39 is 24.3 Å². The molecular formula is C39H44N6O7S. The first-order valence-corrected chi connectivity index (χ1v) is 18.3. The molecule has 1 aliphatic heterocycles. The summed E-state index contributed by atoms with van der Waals surface area (Å²) in [5.41, 5.74) is 9.28. The van der Waals surface area contributed by atoms with Crippen LogP contribution in [0.4, 0.5) is 10.5 Å². The van der Waals surface area contributed by atoms with E-state index in [4.69, 9.17) is 14.2 Å². The van der Waals surface area contributed by atoms with Gasteiger partial charge in [0.05, 0.1) is 37.1 Å². The van der Waals surface area contributed by atoms with Crippen molar-refractivity contribution in [2.75, 3.05) is 25.6 Å². The molecule has 14 heteroatoms. The zero-order valence-electron chi connectivity index (χ0n) is 30.4. The largest absolute Gasteiger partial charge is 0.490 e. The van der Waals surface area contributed by atoms with Gasteiger partial charge in [0, 0.05) is 33.2 Å². The normalized spacial score (nSPS) is 16.0. The van der Waals surface area contributed by atoms with Crippen molar-refractivity contribution in [3.05, 3.63) is 104 Å². The second-order valence-corrected chi connectivity index (χ2v) is 13.9. The molecule has 3 amide bonds. The molecule has 13 nitrogen and oxygen atoms in total. The number of benzene rings is 2. The lowest BCUT2D eigenvalue weighted by molar-refractivity contribution is -0.136. The van der Waals surface area contributed by atoms with Gasteiger partial charge in [0.25, 0.3) is 5.91 Å². The van der Waals surface area contributed by atoms with Crippen molar-refractivity contribution in [2.45, 2.75) is 65.6 Å². The molecule has 0 spiro atoms. The van der Waals surface area contributed by atoms with Crippen LogP contribution in [0.5, 0.6) is 11.5 Å². The van der Waals surface area contributed by atoms with E-state index in [1.807, 2.05) is 57.2 Å². The van der Waals surface area contributed by atoms with Crippen LogP contribution in [0.3, 0.4) is 0 Å². The van der Waals surface area contributed by atoms with E-state index in [1.165, 1.54) is 12.0 Å². The number of thiophene rings is 1. The number of aromatic nitrogens is 1. The molecule has 1 aliphatic carbocycles. The third-order valence-corrected chi connectivity index (χ3v) is 10.5. The van der Waals surface area contributed by atoms with Crippen LogP contribution in [0.25, 0.3) is 5.00 Å². The van der Waals surface area contributed by atoms with Crippen molar-refractivity contribution in [2.24, 2.45) is 5.10 Å². The molecule has 0 saturated heterocycles. The molecule has 0 unspecified atom stereocenters. The Morgan fingerprint density at radius 1 is 1.08 bits per heavy atom. The molecule has 53 heavy (non-hydrogen) atoms. The Morgan fingerprint density at radius 2 is 1.85 bits per heavy atom. The van der Waals surface area contributed by atoms with Crippen LogP contribution in [0.1, 0.15) is 76.0 Å². The van der Waals surface area contributed by atoms with Gasteiger partial charge in [0.1, 0.15) is 11.6 Å². The number of aryl methyl sites for hydroxylation is 2. The number of hydrogen-bond donors (Lipinski definition) is 5. The number of nitrogens with zero attached hydrogens (tertiary/aromatic N) is 2. The first-order chi connectivity index (χ1) is 25.6. The third-order valence-electron chi connectivity index (χ3n) is 9.18. The summed E-state index contributed by atoms with van der Waals surface area (Å²) in [5, 5.41) is 24.4. The Balaban J connectivity index is 1.15. The number of fused-ring (bicyclic) bond motifs is 1. The summed E-state index contributed by atoms with van der Waals surface area (Å²) in [4.78, 5) is 39.8. The molecule has 6 rings (SSSR count). The van der Waals surface area contributed by atoms with Gasteiger partial charge in [-0.2, -0.15) is 5.10 Å². The summed E-state index contributed by atoms with van der Waals surface area (Å²) < 4.78 is 18.8. The van der Waals surface area contributed by atoms with E-state index in [1.54, 1.807) is 42.7 Å². The van der Waals surface area contributed by atoms with Gasteiger partial charge in [-0.1, -0.05) is 24.3 Å². The number of para-hydroxylation sites is 1. The lowest BCUT2D eigenvalue weighted by Crippen LogP contribution is -2.45.